The summed E-state index contributed by atoms with van der Waals surface area (Å²) >= 11 is 5.81. The molecular formula is C10H12ClNO3S. The highest BCUT2D eigenvalue weighted by Gasteiger charge is 2.09. The Morgan fingerprint density at radius 3 is 2.56 bits per heavy atom. The third kappa shape index (κ3) is 4.20. The SMILES string of the molecule is CS(=O)(=O)CCNC(=O)c1ccccc1Cl. The van der Waals surface area contributed by atoms with Crippen LogP contribution >= 0.6 is 11.6 Å². The van der Waals surface area contributed by atoms with Crippen LogP contribution in [0, 0.1) is 0 Å². The average Bonchev–Trinajstić information content (AvgIpc) is 2.16. The minimum atomic E-state index is -3.06. The van der Waals surface area contributed by atoms with E-state index in [1.807, 2.05) is 0 Å². The van der Waals surface area contributed by atoms with Gasteiger partial charge in [-0.05, 0) is 12.1 Å². The first kappa shape index (κ1) is 13.0. The topological polar surface area (TPSA) is 63.2 Å². The van der Waals surface area contributed by atoms with Crippen LogP contribution in [0.15, 0.2) is 24.3 Å². The monoisotopic (exact) mass is 261 g/mol. The Morgan fingerprint density at radius 1 is 1.38 bits per heavy atom. The molecule has 0 heterocycles. The molecule has 6 heteroatoms. The lowest BCUT2D eigenvalue weighted by Crippen LogP contribution is -2.28. The summed E-state index contributed by atoms with van der Waals surface area (Å²) in [6.45, 7) is 0.0862. The first-order chi connectivity index (χ1) is 7.40. The van der Waals surface area contributed by atoms with E-state index in [2.05, 4.69) is 5.32 Å². The lowest BCUT2D eigenvalue weighted by molar-refractivity contribution is 0.0956. The van der Waals surface area contributed by atoms with Crippen molar-refractivity contribution in [2.24, 2.45) is 0 Å². The summed E-state index contributed by atoms with van der Waals surface area (Å²) in [6.07, 6.45) is 1.12. The Hall–Kier alpha value is -1.07. The van der Waals surface area contributed by atoms with Crippen molar-refractivity contribution in [2.45, 2.75) is 0 Å². The molecule has 0 saturated carbocycles. The molecule has 1 aromatic carbocycles. The van der Waals surface area contributed by atoms with Crippen molar-refractivity contribution in [3.63, 3.8) is 0 Å². The first-order valence-electron chi connectivity index (χ1n) is 4.60. The summed E-state index contributed by atoms with van der Waals surface area (Å²) in [5.74, 6) is -0.447. The number of hydrogen-bond donors (Lipinski definition) is 1. The van der Waals surface area contributed by atoms with Gasteiger partial charge in [-0.2, -0.15) is 0 Å². The molecule has 0 saturated heterocycles. The van der Waals surface area contributed by atoms with Gasteiger partial charge >= 0.3 is 0 Å². The molecule has 0 bridgehead atoms. The third-order valence-electron chi connectivity index (χ3n) is 1.88. The van der Waals surface area contributed by atoms with Crippen LogP contribution in [0.4, 0.5) is 0 Å². The van der Waals surface area contributed by atoms with Crippen LogP contribution in [-0.4, -0.2) is 32.9 Å². The fourth-order valence-electron chi connectivity index (χ4n) is 1.09. The van der Waals surface area contributed by atoms with Gasteiger partial charge in [-0.25, -0.2) is 8.42 Å². The van der Waals surface area contributed by atoms with Crippen molar-refractivity contribution in [2.75, 3.05) is 18.6 Å². The predicted molar refractivity (Wildman–Crippen MR) is 63.5 cm³/mol. The first-order valence-corrected chi connectivity index (χ1v) is 7.04. The van der Waals surface area contributed by atoms with Crippen molar-refractivity contribution in [3.8, 4) is 0 Å². The molecule has 0 aliphatic carbocycles. The standard InChI is InChI=1S/C10H12ClNO3S/c1-16(14,15)7-6-12-10(13)8-4-2-3-5-9(8)11/h2-5H,6-7H2,1H3,(H,12,13). The van der Waals surface area contributed by atoms with E-state index in [-0.39, 0.29) is 18.2 Å². The van der Waals surface area contributed by atoms with Crippen LogP contribution in [0.25, 0.3) is 0 Å². The minimum absolute atomic E-state index is 0.0802. The third-order valence-corrected chi connectivity index (χ3v) is 3.15. The van der Waals surface area contributed by atoms with E-state index < -0.39 is 9.84 Å². The molecule has 0 unspecified atom stereocenters. The van der Waals surface area contributed by atoms with Crippen LogP contribution in [0.3, 0.4) is 0 Å². The van der Waals surface area contributed by atoms with E-state index in [0.717, 1.165) is 6.26 Å². The zero-order valence-electron chi connectivity index (χ0n) is 8.73. The van der Waals surface area contributed by atoms with Crippen molar-refractivity contribution in [1.82, 2.24) is 5.32 Å². The summed E-state index contributed by atoms with van der Waals surface area (Å²) in [5.41, 5.74) is 0.345. The Morgan fingerprint density at radius 2 is 2.00 bits per heavy atom. The van der Waals surface area contributed by atoms with E-state index in [1.165, 1.54) is 0 Å². The summed E-state index contributed by atoms with van der Waals surface area (Å²) in [7, 11) is -3.06. The Labute approximate surface area is 99.5 Å². The quantitative estimate of drug-likeness (QED) is 0.883. The molecule has 0 atom stereocenters. The summed E-state index contributed by atoms with van der Waals surface area (Å²) in [6, 6.07) is 6.60. The molecule has 0 spiro atoms. The van der Waals surface area contributed by atoms with E-state index in [4.69, 9.17) is 11.6 Å². The second-order valence-electron chi connectivity index (χ2n) is 3.37. The molecule has 0 aromatic heterocycles. The highest BCUT2D eigenvalue weighted by molar-refractivity contribution is 7.90. The summed E-state index contributed by atoms with van der Waals surface area (Å²) in [5, 5.41) is 2.84. The fourth-order valence-corrected chi connectivity index (χ4v) is 1.78. The van der Waals surface area contributed by atoms with Gasteiger partial charge in [0.1, 0.15) is 9.84 Å². The molecule has 1 amide bonds. The van der Waals surface area contributed by atoms with Gasteiger partial charge in [0.15, 0.2) is 0 Å². The van der Waals surface area contributed by atoms with Crippen LogP contribution in [0.2, 0.25) is 5.02 Å². The Balaban J connectivity index is 2.57. The van der Waals surface area contributed by atoms with Crippen molar-refractivity contribution >= 4 is 27.3 Å². The number of nitrogens with one attached hydrogen (secondary N) is 1. The highest BCUT2D eigenvalue weighted by atomic mass is 35.5. The Kier molecular flexibility index (Phi) is 4.32. The zero-order chi connectivity index (χ0) is 12.2. The number of carbonyl (C=O) groups is 1. The van der Waals surface area contributed by atoms with Crippen molar-refractivity contribution < 1.29 is 13.2 Å². The van der Waals surface area contributed by atoms with Crippen LogP contribution in [0.1, 0.15) is 10.4 Å². The second kappa shape index (κ2) is 5.32. The number of sulfone groups is 1. The van der Waals surface area contributed by atoms with Gasteiger partial charge < -0.3 is 5.32 Å². The van der Waals surface area contributed by atoms with Gasteiger partial charge in [0.25, 0.3) is 5.91 Å². The molecule has 16 heavy (non-hydrogen) atoms. The maximum Gasteiger partial charge on any atom is 0.252 e. The van der Waals surface area contributed by atoms with Crippen molar-refractivity contribution in [1.29, 1.82) is 0 Å². The van der Waals surface area contributed by atoms with Gasteiger partial charge in [-0.3, -0.25) is 4.79 Å². The lowest BCUT2D eigenvalue weighted by atomic mass is 10.2. The second-order valence-corrected chi connectivity index (χ2v) is 6.03. The number of rotatable bonds is 4. The maximum absolute atomic E-state index is 11.6. The molecule has 0 radical (unpaired) electrons. The van der Waals surface area contributed by atoms with Crippen LogP contribution < -0.4 is 5.32 Å². The van der Waals surface area contributed by atoms with Gasteiger partial charge in [0.05, 0.1) is 16.3 Å². The van der Waals surface area contributed by atoms with E-state index in [9.17, 15) is 13.2 Å². The lowest BCUT2D eigenvalue weighted by Gasteiger charge is -2.05. The molecule has 1 rings (SSSR count). The molecular weight excluding hydrogens is 250 g/mol. The largest absolute Gasteiger partial charge is 0.351 e. The predicted octanol–water partition coefficient (Wildman–Crippen LogP) is 1.11. The van der Waals surface area contributed by atoms with E-state index in [1.54, 1.807) is 24.3 Å². The van der Waals surface area contributed by atoms with E-state index >= 15 is 0 Å². The molecule has 88 valence electrons. The molecule has 1 N–H and O–H groups in total. The maximum atomic E-state index is 11.6. The molecule has 0 aliphatic rings. The smallest absolute Gasteiger partial charge is 0.252 e. The molecule has 0 fully saturated rings. The van der Waals surface area contributed by atoms with Crippen LogP contribution in [-0.2, 0) is 9.84 Å². The number of halogens is 1. The summed E-state index contributed by atoms with van der Waals surface area (Å²) < 4.78 is 21.7. The van der Waals surface area contributed by atoms with Gasteiger partial charge in [0, 0.05) is 12.8 Å². The molecule has 1 aromatic rings. The number of benzene rings is 1. The van der Waals surface area contributed by atoms with Gasteiger partial charge in [-0.15, -0.1) is 0 Å². The number of hydrogen-bond acceptors (Lipinski definition) is 3. The van der Waals surface area contributed by atoms with Crippen molar-refractivity contribution in [3.05, 3.63) is 34.9 Å². The molecule has 0 aliphatic heterocycles. The highest BCUT2D eigenvalue weighted by Crippen LogP contribution is 2.14. The summed E-state index contributed by atoms with van der Waals surface area (Å²) in [4.78, 5) is 11.6. The zero-order valence-corrected chi connectivity index (χ0v) is 10.3. The normalized spacial score (nSPS) is 11.1. The average molecular weight is 262 g/mol. The minimum Gasteiger partial charge on any atom is -0.351 e. The number of carbonyl (C=O) groups excluding carboxylic acids is 1. The van der Waals surface area contributed by atoms with E-state index in [0.29, 0.717) is 10.6 Å². The van der Waals surface area contributed by atoms with Gasteiger partial charge in [0.2, 0.25) is 0 Å². The number of amides is 1. The Bertz CT molecular complexity index is 485. The van der Waals surface area contributed by atoms with Gasteiger partial charge in [-0.1, -0.05) is 23.7 Å². The fraction of sp³-hybridized carbons (Fsp3) is 0.300. The van der Waals surface area contributed by atoms with Crippen LogP contribution in [0.5, 0.6) is 0 Å². The molecule has 4 nitrogen and oxygen atoms in total.